The third kappa shape index (κ3) is 4.07. The Kier molecular flexibility index (Phi) is 6.17. The number of pyridine rings is 2. The van der Waals surface area contributed by atoms with Crippen LogP contribution in [0, 0.1) is 5.92 Å². The number of hydrogen-bond acceptors (Lipinski definition) is 5. The number of ether oxygens (including phenoxy) is 1. The second kappa shape index (κ2) is 9.02. The number of carbonyl (C=O) groups is 1. The van der Waals surface area contributed by atoms with E-state index in [1.54, 1.807) is 19.4 Å². The van der Waals surface area contributed by atoms with E-state index in [1.807, 2.05) is 31.2 Å². The van der Waals surface area contributed by atoms with Crippen LogP contribution in [0.15, 0.2) is 41.3 Å². The first-order valence-electron chi connectivity index (χ1n) is 11.1. The maximum Gasteiger partial charge on any atom is 0.268 e. The summed E-state index contributed by atoms with van der Waals surface area (Å²) in [5.74, 6) is 0.545. The van der Waals surface area contributed by atoms with E-state index in [-0.39, 0.29) is 17.4 Å². The van der Waals surface area contributed by atoms with Crippen molar-refractivity contribution in [2.24, 2.45) is 5.92 Å². The van der Waals surface area contributed by atoms with E-state index in [0.717, 1.165) is 42.6 Å². The molecular formula is C25H29N3O4. The number of aryl methyl sites for hydroxylation is 1. The third-order valence-corrected chi connectivity index (χ3v) is 6.39. The SMILES string of the molecule is CCn1c(=O)c(C(=O)N[C@H]2CC[C@@H](C)CC2)c(O)c2cc(-c3ccc(OC)cc3)cnc21. The average Bonchev–Trinajstić information content (AvgIpc) is 2.81. The number of hydrogen-bond donors (Lipinski definition) is 2. The van der Waals surface area contributed by atoms with Gasteiger partial charge in [0.15, 0.2) is 0 Å². The van der Waals surface area contributed by atoms with Crippen molar-refractivity contribution in [3.8, 4) is 22.6 Å². The van der Waals surface area contributed by atoms with Gasteiger partial charge in [0.1, 0.15) is 22.7 Å². The molecule has 0 radical (unpaired) electrons. The molecule has 3 aromatic rings. The van der Waals surface area contributed by atoms with Gasteiger partial charge in [0.2, 0.25) is 0 Å². The molecule has 2 aromatic heterocycles. The Morgan fingerprint density at radius 2 is 1.88 bits per heavy atom. The van der Waals surface area contributed by atoms with Crippen molar-refractivity contribution in [2.75, 3.05) is 7.11 Å². The van der Waals surface area contributed by atoms with E-state index in [2.05, 4.69) is 17.2 Å². The van der Waals surface area contributed by atoms with Crippen LogP contribution in [0.2, 0.25) is 0 Å². The lowest BCUT2D eigenvalue weighted by Gasteiger charge is -2.27. The molecule has 32 heavy (non-hydrogen) atoms. The molecule has 1 amide bonds. The number of aromatic hydroxyl groups is 1. The lowest BCUT2D eigenvalue weighted by Crippen LogP contribution is -2.40. The van der Waals surface area contributed by atoms with Crippen LogP contribution in [-0.2, 0) is 6.54 Å². The Balaban J connectivity index is 1.77. The molecule has 0 spiro atoms. The molecule has 7 nitrogen and oxygen atoms in total. The van der Waals surface area contributed by atoms with E-state index < -0.39 is 11.5 Å². The zero-order valence-corrected chi connectivity index (χ0v) is 18.7. The minimum absolute atomic E-state index is 0.0204. The first kappa shape index (κ1) is 21.9. The Hall–Kier alpha value is -3.35. The molecule has 1 fully saturated rings. The summed E-state index contributed by atoms with van der Waals surface area (Å²) in [5, 5.41) is 14.4. The maximum atomic E-state index is 13.1. The molecule has 0 aliphatic heterocycles. The zero-order chi connectivity index (χ0) is 22.8. The van der Waals surface area contributed by atoms with Crippen molar-refractivity contribution in [1.82, 2.24) is 14.9 Å². The number of carbonyl (C=O) groups excluding carboxylic acids is 1. The molecule has 2 N–H and O–H groups in total. The fraction of sp³-hybridized carbons (Fsp3) is 0.400. The molecule has 0 bridgehead atoms. The molecule has 1 saturated carbocycles. The summed E-state index contributed by atoms with van der Waals surface area (Å²) >= 11 is 0. The Morgan fingerprint density at radius 1 is 1.19 bits per heavy atom. The first-order chi connectivity index (χ1) is 15.4. The van der Waals surface area contributed by atoms with Crippen molar-refractivity contribution in [3.63, 3.8) is 0 Å². The smallest absolute Gasteiger partial charge is 0.268 e. The standard InChI is InChI=1S/C25H29N3O4/c1-4-28-23-20(13-17(14-26-23)16-7-11-19(32-3)12-8-16)22(29)21(25(28)31)24(30)27-18-9-5-15(2)6-10-18/h7-8,11-15,18,29H,4-6,9-10H2,1-3H3,(H,27,30)/t15-,18+. The second-order valence-corrected chi connectivity index (χ2v) is 8.53. The summed E-state index contributed by atoms with van der Waals surface area (Å²) in [5.41, 5.74) is 1.27. The topological polar surface area (TPSA) is 93.5 Å². The van der Waals surface area contributed by atoms with Crippen LogP contribution < -0.4 is 15.6 Å². The van der Waals surface area contributed by atoms with Crippen LogP contribution in [0.1, 0.15) is 49.9 Å². The average molecular weight is 436 g/mol. The highest BCUT2D eigenvalue weighted by Crippen LogP contribution is 2.31. The van der Waals surface area contributed by atoms with E-state index in [1.165, 1.54) is 4.57 Å². The Labute approximate surface area is 187 Å². The number of benzene rings is 1. The van der Waals surface area contributed by atoms with Gasteiger partial charge in [-0.3, -0.25) is 14.2 Å². The lowest BCUT2D eigenvalue weighted by atomic mass is 9.87. The highest BCUT2D eigenvalue weighted by atomic mass is 16.5. The number of nitrogens with one attached hydrogen (secondary N) is 1. The van der Waals surface area contributed by atoms with Gasteiger partial charge in [0.25, 0.3) is 11.5 Å². The molecule has 2 heterocycles. The largest absolute Gasteiger partial charge is 0.506 e. The predicted molar refractivity (Wildman–Crippen MR) is 124 cm³/mol. The molecule has 0 saturated heterocycles. The van der Waals surface area contributed by atoms with Gasteiger partial charge in [-0.2, -0.15) is 0 Å². The van der Waals surface area contributed by atoms with E-state index in [9.17, 15) is 14.7 Å². The van der Waals surface area contributed by atoms with Crippen molar-refractivity contribution >= 4 is 16.9 Å². The van der Waals surface area contributed by atoms with Gasteiger partial charge in [0, 0.05) is 24.3 Å². The number of fused-ring (bicyclic) bond motifs is 1. The van der Waals surface area contributed by atoms with Gasteiger partial charge in [0.05, 0.1) is 12.5 Å². The number of nitrogens with zero attached hydrogens (tertiary/aromatic N) is 2. The molecule has 4 rings (SSSR count). The lowest BCUT2D eigenvalue weighted by molar-refractivity contribution is 0.0918. The predicted octanol–water partition coefficient (Wildman–Crippen LogP) is 4.11. The maximum absolute atomic E-state index is 13.1. The minimum atomic E-state index is -0.524. The van der Waals surface area contributed by atoms with Gasteiger partial charge in [-0.15, -0.1) is 0 Å². The van der Waals surface area contributed by atoms with E-state index >= 15 is 0 Å². The Bertz CT molecular complexity index is 1190. The Morgan fingerprint density at radius 3 is 2.50 bits per heavy atom. The van der Waals surface area contributed by atoms with Crippen molar-refractivity contribution in [2.45, 2.75) is 52.1 Å². The molecule has 0 unspecified atom stereocenters. The number of amides is 1. The summed E-state index contributed by atoms with van der Waals surface area (Å²) < 4.78 is 6.65. The van der Waals surface area contributed by atoms with Crippen molar-refractivity contribution < 1.29 is 14.6 Å². The van der Waals surface area contributed by atoms with Crippen LogP contribution in [0.3, 0.4) is 0 Å². The van der Waals surface area contributed by atoms with Crippen molar-refractivity contribution in [3.05, 3.63) is 52.4 Å². The van der Waals surface area contributed by atoms with Gasteiger partial charge in [-0.25, -0.2) is 4.98 Å². The summed E-state index contributed by atoms with van der Waals surface area (Å²) in [6.45, 7) is 4.37. The van der Waals surface area contributed by atoms with Crippen molar-refractivity contribution in [1.29, 1.82) is 0 Å². The van der Waals surface area contributed by atoms with Crippen LogP contribution in [-0.4, -0.2) is 33.7 Å². The number of methoxy groups -OCH3 is 1. The molecule has 168 valence electrons. The summed E-state index contributed by atoms with van der Waals surface area (Å²) in [4.78, 5) is 30.6. The van der Waals surface area contributed by atoms with Gasteiger partial charge >= 0.3 is 0 Å². The first-order valence-corrected chi connectivity index (χ1v) is 11.1. The molecule has 1 aliphatic rings. The second-order valence-electron chi connectivity index (χ2n) is 8.53. The number of aromatic nitrogens is 2. The van der Waals surface area contributed by atoms with Crippen LogP contribution >= 0.6 is 0 Å². The minimum Gasteiger partial charge on any atom is -0.506 e. The quantitative estimate of drug-likeness (QED) is 0.629. The highest BCUT2D eigenvalue weighted by molar-refractivity contribution is 6.02. The summed E-state index contributed by atoms with van der Waals surface area (Å²) in [6.07, 6.45) is 5.52. The summed E-state index contributed by atoms with van der Waals surface area (Å²) in [6, 6.07) is 9.27. The van der Waals surface area contributed by atoms with Gasteiger partial charge in [-0.1, -0.05) is 19.1 Å². The molecular weight excluding hydrogens is 406 g/mol. The summed E-state index contributed by atoms with van der Waals surface area (Å²) in [7, 11) is 1.61. The van der Waals surface area contributed by atoms with Crippen LogP contribution in [0.5, 0.6) is 11.5 Å². The number of rotatable bonds is 5. The molecule has 1 aromatic carbocycles. The van der Waals surface area contributed by atoms with Crippen LogP contribution in [0.4, 0.5) is 0 Å². The third-order valence-electron chi connectivity index (χ3n) is 6.39. The fourth-order valence-corrected chi connectivity index (χ4v) is 4.42. The molecule has 0 atom stereocenters. The van der Waals surface area contributed by atoms with Gasteiger partial charge in [-0.05, 0) is 62.3 Å². The monoisotopic (exact) mass is 435 g/mol. The fourth-order valence-electron chi connectivity index (χ4n) is 4.42. The van der Waals surface area contributed by atoms with E-state index in [4.69, 9.17) is 4.74 Å². The highest BCUT2D eigenvalue weighted by Gasteiger charge is 2.26. The zero-order valence-electron chi connectivity index (χ0n) is 18.7. The normalized spacial score (nSPS) is 18.5. The van der Waals surface area contributed by atoms with E-state index in [0.29, 0.717) is 23.5 Å². The molecule has 7 heteroatoms. The van der Waals surface area contributed by atoms with Gasteiger partial charge < -0.3 is 15.2 Å². The van der Waals surface area contributed by atoms with Crippen LogP contribution in [0.25, 0.3) is 22.2 Å². The molecule has 1 aliphatic carbocycles.